The van der Waals surface area contributed by atoms with Gasteiger partial charge in [-0.25, -0.2) is 19.4 Å². The predicted molar refractivity (Wildman–Crippen MR) is 86.2 cm³/mol. The summed E-state index contributed by atoms with van der Waals surface area (Å²) in [7, 11) is 0. The average Bonchev–Trinajstić information content (AvgIpc) is 2.23. The van der Waals surface area contributed by atoms with E-state index in [1.807, 2.05) is 45.2 Å². The van der Waals surface area contributed by atoms with Crippen LogP contribution in [0.2, 0.25) is 0 Å². The van der Waals surface area contributed by atoms with Crippen LogP contribution in [0.5, 0.6) is 0 Å². The fourth-order valence-corrected chi connectivity index (χ4v) is 4.74. The van der Waals surface area contributed by atoms with Gasteiger partial charge in [-0.3, -0.25) is 0 Å². The molecule has 0 radical (unpaired) electrons. The molecule has 0 atom stereocenters. The van der Waals surface area contributed by atoms with E-state index in [2.05, 4.69) is 32.4 Å². The summed E-state index contributed by atoms with van der Waals surface area (Å²) in [5.74, 6) is -1.43. The smallest absolute Gasteiger partial charge is 0.388 e. The molecule has 1 aromatic rings. The molecule has 0 saturated carbocycles. The third-order valence-corrected chi connectivity index (χ3v) is 4.51. The van der Waals surface area contributed by atoms with Crippen molar-refractivity contribution in [1.29, 1.82) is 0 Å². The van der Waals surface area contributed by atoms with Crippen molar-refractivity contribution in [1.82, 2.24) is 0 Å². The summed E-state index contributed by atoms with van der Waals surface area (Å²) in [6.07, 6.45) is 0. The molecule has 5 nitrogen and oxygen atoms in total. The average molecular weight is 573 g/mol. The molecule has 0 saturated heterocycles. The highest BCUT2D eigenvalue weighted by molar-refractivity contribution is 14.1. The van der Waals surface area contributed by atoms with Gasteiger partial charge >= 0.3 is 11.9 Å². The monoisotopic (exact) mass is 573 g/mol. The minimum absolute atomic E-state index is 0.297. The Hall–Kier alpha value is 0.150. The zero-order valence-corrected chi connectivity index (χ0v) is 14.9. The van der Waals surface area contributed by atoms with Gasteiger partial charge < -0.3 is 5.73 Å². The Balaban J connectivity index is 3.10. The maximum absolute atomic E-state index is 11.7. The number of hydrogen-bond acceptors (Lipinski definition) is 5. The van der Waals surface area contributed by atoms with E-state index in [-0.39, 0.29) is 0 Å². The maximum Gasteiger partial charge on any atom is 0.388 e. The summed E-state index contributed by atoms with van der Waals surface area (Å²) >= 11 is 6.02. The van der Waals surface area contributed by atoms with Crippen LogP contribution in [0.25, 0.3) is 0 Å². The van der Waals surface area contributed by atoms with Gasteiger partial charge in [-0.1, -0.05) is 0 Å². The minimum Gasteiger partial charge on any atom is -0.397 e. The van der Waals surface area contributed by atoms with Crippen molar-refractivity contribution in [3.8, 4) is 0 Å². The van der Waals surface area contributed by atoms with E-state index in [1.165, 1.54) is 0 Å². The van der Waals surface area contributed by atoms with E-state index >= 15 is 0 Å². The van der Waals surface area contributed by atoms with Gasteiger partial charge in [0.2, 0.25) is 0 Å². The van der Waals surface area contributed by atoms with Crippen molar-refractivity contribution in [3.05, 3.63) is 22.3 Å². The van der Waals surface area contributed by atoms with Crippen LogP contribution in [0.1, 0.15) is 17.3 Å². The molecule has 0 aliphatic carbocycles. The fraction of sp³-hybridized carbons (Fsp3) is 0.111. The molecule has 0 fully saturated rings. The van der Waals surface area contributed by atoms with Crippen LogP contribution in [-0.2, 0) is 14.6 Å². The Morgan fingerprint density at radius 2 is 1.76 bits per heavy atom. The van der Waals surface area contributed by atoms with Crippen molar-refractivity contribution in [2.45, 2.75) is 6.92 Å². The Morgan fingerprint density at radius 1 is 1.18 bits per heavy atom. The van der Waals surface area contributed by atoms with Crippen LogP contribution < -0.4 is 5.73 Å². The number of halogens is 3. The fourth-order valence-electron chi connectivity index (χ4n) is 0.931. The summed E-state index contributed by atoms with van der Waals surface area (Å²) in [6, 6.07) is 1.75. The summed E-state index contributed by atoms with van der Waals surface area (Å²) < 4.78 is 2.11. The van der Waals surface area contributed by atoms with Crippen LogP contribution >= 0.6 is 67.8 Å². The van der Waals surface area contributed by atoms with Gasteiger partial charge in [0.05, 0.1) is 14.8 Å². The molecule has 8 heteroatoms. The summed E-state index contributed by atoms with van der Waals surface area (Å²) in [5.41, 5.74) is 6.61. The number of nitrogens with two attached hydrogens (primary N) is 1. The maximum atomic E-state index is 11.7. The van der Waals surface area contributed by atoms with Gasteiger partial charge in [0.1, 0.15) is 0 Å². The number of carbonyl (C=O) groups excluding carboxylic acids is 2. The quantitative estimate of drug-likeness (QED) is 0.242. The minimum atomic E-state index is -0.739. The summed E-state index contributed by atoms with van der Waals surface area (Å²) in [6.45, 7) is 1.14. The van der Waals surface area contributed by atoms with Gasteiger partial charge in [-0.05, 0) is 73.8 Å². The molecular weight excluding hydrogens is 567 g/mol. The van der Waals surface area contributed by atoms with E-state index in [4.69, 9.17) is 5.73 Å². The lowest BCUT2D eigenvalue weighted by Gasteiger charge is -2.09. The molecule has 0 spiro atoms. The summed E-state index contributed by atoms with van der Waals surface area (Å²) in [5, 5.41) is 0. The number of hydrogen-bond donors (Lipinski definition) is 1. The van der Waals surface area contributed by atoms with Crippen LogP contribution in [0.15, 0.2) is 6.07 Å². The molecule has 17 heavy (non-hydrogen) atoms. The molecule has 2 N–H and O–H groups in total. The van der Waals surface area contributed by atoms with Gasteiger partial charge in [0.25, 0.3) is 0 Å². The Bertz CT molecular complexity index is 490. The topological polar surface area (TPSA) is 78.6 Å². The van der Waals surface area contributed by atoms with E-state index in [1.54, 1.807) is 6.07 Å². The second-order valence-electron chi connectivity index (χ2n) is 2.89. The zero-order chi connectivity index (χ0) is 13.2. The Kier molecular flexibility index (Phi) is 5.69. The number of anilines is 1. The molecule has 0 aromatic heterocycles. The highest BCUT2D eigenvalue weighted by Crippen LogP contribution is 2.29. The second kappa shape index (κ2) is 6.36. The lowest BCUT2D eigenvalue weighted by atomic mass is 10.2. The largest absolute Gasteiger partial charge is 0.397 e. The first-order chi connectivity index (χ1) is 7.84. The third-order valence-electron chi connectivity index (χ3n) is 1.64. The van der Waals surface area contributed by atoms with Crippen molar-refractivity contribution in [2.24, 2.45) is 0 Å². The lowest BCUT2D eigenvalue weighted by Crippen LogP contribution is -2.13. The predicted octanol–water partition coefficient (Wildman–Crippen LogP) is 2.72. The molecular formula is C9H6I3NO4. The number of benzene rings is 1. The van der Waals surface area contributed by atoms with Crippen molar-refractivity contribution >= 4 is 85.4 Å². The highest BCUT2D eigenvalue weighted by atomic mass is 127. The molecule has 1 rings (SSSR count). The highest BCUT2D eigenvalue weighted by Gasteiger charge is 2.21. The molecule has 0 amide bonds. The molecule has 0 aliphatic rings. The van der Waals surface area contributed by atoms with Gasteiger partial charge in [-0.2, -0.15) is 0 Å². The van der Waals surface area contributed by atoms with Crippen LogP contribution in [0.4, 0.5) is 5.69 Å². The molecule has 0 heterocycles. The number of rotatable bonds is 1. The number of nitrogen functional groups attached to an aromatic ring is 1. The number of carbonyl (C=O) groups is 2. The van der Waals surface area contributed by atoms with Gasteiger partial charge in [0, 0.05) is 14.1 Å². The molecule has 0 unspecified atom stereocenters. The Morgan fingerprint density at radius 3 is 2.29 bits per heavy atom. The van der Waals surface area contributed by atoms with Crippen molar-refractivity contribution in [2.75, 3.05) is 5.73 Å². The van der Waals surface area contributed by atoms with Crippen LogP contribution in [0.3, 0.4) is 0 Å². The standard InChI is InChI=1S/C9H6I3NO4/c1-3(14)16-17-9(15)6-4(10)2-5(11)8(13)7(6)12/h2H,13H2,1H3. The van der Waals surface area contributed by atoms with Crippen LogP contribution in [-0.4, -0.2) is 11.9 Å². The van der Waals surface area contributed by atoms with Gasteiger partial charge in [0.15, 0.2) is 0 Å². The molecule has 0 aliphatic heterocycles. The van der Waals surface area contributed by atoms with E-state index in [0.29, 0.717) is 18.4 Å². The lowest BCUT2D eigenvalue weighted by molar-refractivity contribution is -0.231. The van der Waals surface area contributed by atoms with Crippen molar-refractivity contribution < 1.29 is 19.4 Å². The SMILES string of the molecule is CC(=O)OOC(=O)c1c(I)cc(I)c(N)c1I. The first-order valence-corrected chi connectivity index (χ1v) is 7.40. The second-order valence-corrected chi connectivity index (χ2v) is 6.29. The zero-order valence-electron chi connectivity index (χ0n) is 8.42. The third kappa shape index (κ3) is 3.81. The first-order valence-electron chi connectivity index (χ1n) is 4.17. The normalized spacial score (nSPS) is 9.88. The van der Waals surface area contributed by atoms with E-state index < -0.39 is 11.9 Å². The molecule has 92 valence electrons. The van der Waals surface area contributed by atoms with Crippen LogP contribution in [0, 0.1) is 10.7 Å². The van der Waals surface area contributed by atoms with E-state index in [9.17, 15) is 9.59 Å². The first kappa shape index (κ1) is 15.2. The summed E-state index contributed by atoms with van der Waals surface area (Å²) in [4.78, 5) is 30.8. The molecule has 0 bridgehead atoms. The van der Waals surface area contributed by atoms with Crippen molar-refractivity contribution in [3.63, 3.8) is 0 Å². The molecule has 1 aromatic carbocycles. The van der Waals surface area contributed by atoms with Gasteiger partial charge in [-0.15, -0.1) is 0 Å². The Labute approximate surface area is 138 Å². The van der Waals surface area contributed by atoms with E-state index in [0.717, 1.165) is 10.5 Å².